The van der Waals surface area contributed by atoms with Gasteiger partial charge in [0.15, 0.2) is 0 Å². The zero-order valence-corrected chi connectivity index (χ0v) is 21.1. The molecule has 4 aromatic rings. The number of nitrogens with one attached hydrogen (secondary N) is 1. The van der Waals surface area contributed by atoms with Crippen LogP contribution in [0.3, 0.4) is 0 Å². The van der Waals surface area contributed by atoms with Crippen LogP contribution in [-0.2, 0) is 22.6 Å². The van der Waals surface area contributed by atoms with Gasteiger partial charge in [0.05, 0.1) is 20.1 Å². The first-order valence-corrected chi connectivity index (χ1v) is 12.1. The van der Waals surface area contributed by atoms with E-state index >= 15 is 0 Å². The molecule has 4 rings (SSSR count). The highest BCUT2D eigenvalue weighted by atomic mass is 16.5. The van der Waals surface area contributed by atoms with E-state index < -0.39 is 0 Å². The van der Waals surface area contributed by atoms with Gasteiger partial charge < -0.3 is 15.0 Å². The Morgan fingerprint density at radius 3 is 2.24 bits per heavy atom. The standard InChI is InChI=1S/C32H30N2O3/c1-24-7-6-10-27(21-24)23-34(32(36)20-13-25-8-4-3-5-9-25)29-16-11-26(12-17-29)22-31(35)33-28-14-18-30(37-2)19-15-28/h3-21H,22-23H2,1-2H3,(H,33,35)/b20-13+. The van der Waals surface area contributed by atoms with E-state index in [4.69, 9.17) is 4.74 Å². The zero-order valence-electron chi connectivity index (χ0n) is 21.1. The Balaban J connectivity index is 1.48. The fourth-order valence-electron chi connectivity index (χ4n) is 3.97. The Morgan fingerprint density at radius 1 is 0.838 bits per heavy atom. The molecule has 0 saturated heterocycles. The molecular formula is C32H30N2O3. The van der Waals surface area contributed by atoms with Crippen LogP contribution in [0.1, 0.15) is 22.3 Å². The van der Waals surface area contributed by atoms with Crippen LogP contribution in [0.5, 0.6) is 5.75 Å². The van der Waals surface area contributed by atoms with Gasteiger partial charge in [-0.05, 0) is 66.1 Å². The first-order valence-electron chi connectivity index (χ1n) is 12.1. The van der Waals surface area contributed by atoms with E-state index in [1.54, 1.807) is 42.4 Å². The van der Waals surface area contributed by atoms with E-state index in [9.17, 15) is 9.59 Å². The monoisotopic (exact) mass is 490 g/mol. The van der Waals surface area contributed by atoms with Gasteiger partial charge in [-0.2, -0.15) is 0 Å². The molecule has 0 aliphatic heterocycles. The van der Waals surface area contributed by atoms with Crippen molar-refractivity contribution in [3.63, 3.8) is 0 Å². The third-order valence-electron chi connectivity index (χ3n) is 5.89. The molecule has 186 valence electrons. The number of anilines is 2. The molecule has 0 unspecified atom stereocenters. The number of benzene rings is 4. The van der Waals surface area contributed by atoms with E-state index in [-0.39, 0.29) is 18.2 Å². The molecule has 0 aliphatic carbocycles. The van der Waals surface area contributed by atoms with E-state index in [2.05, 4.69) is 11.4 Å². The molecule has 0 saturated carbocycles. The summed E-state index contributed by atoms with van der Waals surface area (Å²) in [5, 5.41) is 2.90. The van der Waals surface area contributed by atoms with Gasteiger partial charge in [-0.3, -0.25) is 9.59 Å². The number of hydrogen-bond acceptors (Lipinski definition) is 3. The Bertz CT molecular complexity index is 1360. The third-order valence-corrected chi connectivity index (χ3v) is 5.89. The topological polar surface area (TPSA) is 58.6 Å². The predicted molar refractivity (Wildman–Crippen MR) is 150 cm³/mol. The normalized spacial score (nSPS) is 10.8. The van der Waals surface area contributed by atoms with E-state index in [1.165, 1.54) is 0 Å². The summed E-state index contributed by atoms with van der Waals surface area (Å²) in [6, 6.07) is 32.7. The highest BCUT2D eigenvalue weighted by molar-refractivity contribution is 6.03. The molecule has 0 radical (unpaired) electrons. The fourth-order valence-corrected chi connectivity index (χ4v) is 3.97. The van der Waals surface area contributed by atoms with Gasteiger partial charge in [0.25, 0.3) is 5.91 Å². The van der Waals surface area contributed by atoms with E-state index in [0.29, 0.717) is 12.2 Å². The molecular weight excluding hydrogens is 460 g/mol. The molecule has 2 amide bonds. The van der Waals surface area contributed by atoms with Crippen LogP contribution < -0.4 is 15.0 Å². The minimum absolute atomic E-state index is 0.114. The number of carbonyl (C=O) groups is 2. The second-order valence-electron chi connectivity index (χ2n) is 8.78. The number of hydrogen-bond donors (Lipinski definition) is 1. The van der Waals surface area contributed by atoms with E-state index in [0.717, 1.165) is 33.7 Å². The number of nitrogens with zero attached hydrogens (tertiary/aromatic N) is 1. The maximum Gasteiger partial charge on any atom is 0.251 e. The molecule has 37 heavy (non-hydrogen) atoms. The summed E-state index contributed by atoms with van der Waals surface area (Å²) < 4.78 is 5.15. The van der Waals surface area contributed by atoms with Crippen molar-refractivity contribution in [1.82, 2.24) is 0 Å². The lowest BCUT2D eigenvalue weighted by atomic mass is 10.1. The molecule has 5 nitrogen and oxygen atoms in total. The summed E-state index contributed by atoms with van der Waals surface area (Å²) >= 11 is 0. The number of rotatable bonds is 9. The predicted octanol–water partition coefficient (Wildman–Crippen LogP) is 6.43. The number of ether oxygens (including phenoxy) is 1. The van der Waals surface area contributed by atoms with Gasteiger partial charge in [-0.15, -0.1) is 0 Å². The van der Waals surface area contributed by atoms with Gasteiger partial charge in [0.2, 0.25) is 5.91 Å². The molecule has 1 N–H and O–H groups in total. The number of aryl methyl sites for hydroxylation is 1. The molecule has 0 atom stereocenters. The van der Waals surface area contributed by atoms with Crippen LogP contribution in [0, 0.1) is 6.92 Å². The summed E-state index contributed by atoms with van der Waals surface area (Å²) in [5.41, 5.74) is 5.49. The smallest absolute Gasteiger partial charge is 0.251 e. The molecule has 0 spiro atoms. The van der Waals surface area contributed by atoms with Gasteiger partial charge in [-0.25, -0.2) is 0 Å². The van der Waals surface area contributed by atoms with Gasteiger partial charge in [-0.1, -0.05) is 72.3 Å². The van der Waals surface area contributed by atoms with Crippen molar-refractivity contribution in [3.8, 4) is 5.75 Å². The van der Waals surface area contributed by atoms with Crippen molar-refractivity contribution < 1.29 is 14.3 Å². The van der Waals surface area contributed by atoms with Gasteiger partial charge in [0, 0.05) is 17.5 Å². The van der Waals surface area contributed by atoms with Crippen molar-refractivity contribution in [2.45, 2.75) is 19.9 Å². The molecule has 0 bridgehead atoms. The van der Waals surface area contributed by atoms with Crippen LogP contribution >= 0.6 is 0 Å². The highest BCUT2D eigenvalue weighted by Gasteiger charge is 2.15. The molecule has 5 heteroatoms. The SMILES string of the molecule is COc1ccc(NC(=O)Cc2ccc(N(Cc3cccc(C)c3)C(=O)/C=C/c3ccccc3)cc2)cc1. The van der Waals surface area contributed by atoms with Crippen LogP contribution in [0.4, 0.5) is 11.4 Å². The molecule has 0 aromatic heterocycles. The number of carbonyl (C=O) groups excluding carboxylic acids is 2. The summed E-state index contributed by atoms with van der Waals surface area (Å²) in [7, 11) is 1.60. The summed E-state index contributed by atoms with van der Waals surface area (Å²) in [4.78, 5) is 27.6. The first-order chi connectivity index (χ1) is 18.0. The van der Waals surface area contributed by atoms with E-state index in [1.807, 2.05) is 85.8 Å². The number of methoxy groups -OCH3 is 1. The van der Waals surface area contributed by atoms with Crippen LogP contribution in [0.15, 0.2) is 109 Å². The van der Waals surface area contributed by atoms with Crippen molar-refractivity contribution in [3.05, 3.63) is 131 Å². The first kappa shape index (κ1) is 25.5. The second kappa shape index (κ2) is 12.4. The maximum atomic E-state index is 13.3. The molecule has 0 aliphatic rings. The Hall–Kier alpha value is -4.64. The third kappa shape index (κ3) is 7.42. The molecule has 0 fully saturated rings. The quantitative estimate of drug-likeness (QED) is 0.275. The average molecular weight is 491 g/mol. The largest absolute Gasteiger partial charge is 0.497 e. The Morgan fingerprint density at radius 2 is 1.57 bits per heavy atom. The lowest BCUT2D eigenvalue weighted by Gasteiger charge is -2.22. The van der Waals surface area contributed by atoms with Crippen LogP contribution in [-0.4, -0.2) is 18.9 Å². The van der Waals surface area contributed by atoms with Gasteiger partial charge in [0.1, 0.15) is 5.75 Å². The van der Waals surface area contributed by atoms with Gasteiger partial charge >= 0.3 is 0 Å². The lowest BCUT2D eigenvalue weighted by Crippen LogP contribution is -2.28. The minimum atomic E-state index is -0.115. The van der Waals surface area contributed by atoms with Crippen molar-refractivity contribution in [1.29, 1.82) is 0 Å². The fraction of sp³-hybridized carbons (Fsp3) is 0.125. The van der Waals surface area contributed by atoms with Crippen molar-refractivity contribution in [2.75, 3.05) is 17.3 Å². The highest BCUT2D eigenvalue weighted by Crippen LogP contribution is 2.21. The Labute approximate surface area is 218 Å². The number of amides is 2. The second-order valence-corrected chi connectivity index (χ2v) is 8.78. The summed E-state index contributed by atoms with van der Waals surface area (Å²) in [5.74, 6) is 0.503. The lowest BCUT2D eigenvalue weighted by molar-refractivity contribution is -0.116. The Kier molecular flexibility index (Phi) is 8.50. The van der Waals surface area contributed by atoms with Crippen molar-refractivity contribution in [2.24, 2.45) is 0 Å². The zero-order chi connectivity index (χ0) is 26.0. The minimum Gasteiger partial charge on any atom is -0.497 e. The molecule has 0 heterocycles. The van der Waals surface area contributed by atoms with Crippen LogP contribution in [0.25, 0.3) is 6.08 Å². The molecule has 4 aromatic carbocycles. The summed E-state index contributed by atoms with van der Waals surface area (Å²) in [6.45, 7) is 2.48. The average Bonchev–Trinajstić information content (AvgIpc) is 2.92. The van der Waals surface area contributed by atoms with Crippen molar-refractivity contribution >= 4 is 29.3 Å². The van der Waals surface area contributed by atoms with Crippen LogP contribution in [0.2, 0.25) is 0 Å². The summed E-state index contributed by atoms with van der Waals surface area (Å²) in [6.07, 6.45) is 3.65. The maximum absolute atomic E-state index is 13.3.